The number of amides is 1. The molecule has 1 rings (SSSR count). The summed E-state index contributed by atoms with van der Waals surface area (Å²) in [5.74, 6) is 1.13. The average Bonchev–Trinajstić information content (AvgIpc) is 2.50. The summed E-state index contributed by atoms with van der Waals surface area (Å²) in [5, 5.41) is 8.58. The van der Waals surface area contributed by atoms with Crippen molar-refractivity contribution in [3.8, 4) is 6.07 Å². The molecule has 11 heavy (non-hydrogen) atoms. The van der Waals surface area contributed by atoms with E-state index >= 15 is 0 Å². The van der Waals surface area contributed by atoms with Gasteiger partial charge < -0.3 is 4.90 Å². The summed E-state index contributed by atoms with van der Waals surface area (Å²) in [5.41, 5.74) is 0. The Balaban J connectivity index is 2.58. The average molecular weight is 191 g/mol. The minimum absolute atomic E-state index is 0.0290. The first-order valence-corrected chi connectivity index (χ1v) is 4.81. The van der Waals surface area contributed by atoms with Crippen molar-refractivity contribution < 1.29 is 4.79 Å². The molecule has 1 aliphatic rings. The van der Waals surface area contributed by atoms with Crippen LogP contribution in [-0.2, 0) is 4.79 Å². The lowest BCUT2D eigenvalue weighted by molar-refractivity contribution is -0.128. The summed E-state index contributed by atoms with van der Waals surface area (Å²) in [6.45, 7) is 0. The van der Waals surface area contributed by atoms with Crippen molar-refractivity contribution in [1.82, 2.24) is 4.90 Å². The summed E-state index contributed by atoms with van der Waals surface area (Å²) in [6, 6.07) is 1.78. The molecule has 1 atom stereocenters. The van der Waals surface area contributed by atoms with Gasteiger partial charge in [-0.15, -0.1) is 23.4 Å². The maximum Gasteiger partial charge on any atom is 0.239 e. The Labute approximate surface area is 74.3 Å². The van der Waals surface area contributed by atoms with Gasteiger partial charge in [0.15, 0.2) is 0 Å². The molecule has 0 aromatic rings. The van der Waals surface area contributed by atoms with E-state index in [4.69, 9.17) is 16.9 Å². The fourth-order valence-corrected chi connectivity index (χ4v) is 2.13. The quantitative estimate of drug-likeness (QED) is 0.571. The number of alkyl halides is 1. The molecule has 0 bridgehead atoms. The summed E-state index contributed by atoms with van der Waals surface area (Å²) in [7, 11) is 0. The standard InChI is InChI=1S/C6H7ClN2OS/c7-1-6(10)9-4-11-3-5(9)2-8/h5H,1,3-4H2/t5-/m1/s1. The molecule has 1 amide bonds. The number of nitriles is 1. The highest BCUT2D eigenvalue weighted by Crippen LogP contribution is 2.20. The van der Waals surface area contributed by atoms with Gasteiger partial charge in [-0.3, -0.25) is 4.79 Å². The van der Waals surface area contributed by atoms with E-state index in [-0.39, 0.29) is 17.8 Å². The predicted octanol–water partition coefficient (Wildman–Crippen LogP) is 0.650. The largest absolute Gasteiger partial charge is 0.316 e. The minimum Gasteiger partial charge on any atom is -0.316 e. The predicted molar refractivity (Wildman–Crippen MR) is 44.3 cm³/mol. The van der Waals surface area contributed by atoms with Crippen LogP contribution in [0.5, 0.6) is 0 Å². The molecule has 3 nitrogen and oxygen atoms in total. The number of carbonyl (C=O) groups is 1. The maximum absolute atomic E-state index is 11.0. The molecule has 1 saturated heterocycles. The number of nitrogens with zero attached hydrogens (tertiary/aromatic N) is 2. The summed E-state index contributed by atoms with van der Waals surface area (Å²) in [6.07, 6.45) is 0. The molecule has 1 heterocycles. The SMILES string of the molecule is N#C[C@@H]1CSCN1C(=O)CCl. The Hall–Kier alpha value is -0.400. The third-order valence-electron chi connectivity index (χ3n) is 1.47. The number of hydrogen-bond acceptors (Lipinski definition) is 3. The smallest absolute Gasteiger partial charge is 0.239 e. The molecule has 0 aromatic heterocycles. The number of carbonyl (C=O) groups excluding carboxylic acids is 1. The number of hydrogen-bond donors (Lipinski definition) is 0. The normalized spacial score (nSPS) is 23.3. The van der Waals surface area contributed by atoms with Crippen LogP contribution in [0.3, 0.4) is 0 Å². The lowest BCUT2D eigenvalue weighted by Crippen LogP contribution is -2.36. The maximum atomic E-state index is 11.0. The zero-order valence-corrected chi connectivity index (χ0v) is 7.36. The van der Waals surface area contributed by atoms with Gasteiger partial charge in [0.05, 0.1) is 11.9 Å². The summed E-state index contributed by atoms with van der Waals surface area (Å²) in [4.78, 5) is 12.5. The zero-order chi connectivity index (χ0) is 8.27. The van der Waals surface area contributed by atoms with Gasteiger partial charge in [-0.2, -0.15) is 5.26 Å². The molecule has 0 unspecified atom stereocenters. The van der Waals surface area contributed by atoms with Crippen LogP contribution < -0.4 is 0 Å². The van der Waals surface area contributed by atoms with Crippen LogP contribution >= 0.6 is 23.4 Å². The highest BCUT2D eigenvalue weighted by Gasteiger charge is 2.27. The molecule has 0 N–H and O–H groups in total. The van der Waals surface area contributed by atoms with Gasteiger partial charge in [-0.25, -0.2) is 0 Å². The lowest BCUT2D eigenvalue weighted by atomic mass is 10.3. The summed E-state index contributed by atoms with van der Waals surface area (Å²) >= 11 is 6.93. The van der Waals surface area contributed by atoms with Crippen LogP contribution in [0.4, 0.5) is 0 Å². The van der Waals surface area contributed by atoms with Crippen LogP contribution in [0.15, 0.2) is 0 Å². The molecule has 0 spiro atoms. The molecular formula is C6H7ClN2OS. The first-order valence-electron chi connectivity index (χ1n) is 3.12. The van der Waals surface area contributed by atoms with Gasteiger partial charge in [0.1, 0.15) is 11.9 Å². The second-order valence-electron chi connectivity index (χ2n) is 2.14. The molecule has 1 fully saturated rings. The van der Waals surface area contributed by atoms with E-state index in [2.05, 4.69) is 6.07 Å². The highest BCUT2D eigenvalue weighted by molar-refractivity contribution is 7.99. The third kappa shape index (κ3) is 1.79. The third-order valence-corrected chi connectivity index (χ3v) is 2.71. The fraction of sp³-hybridized carbons (Fsp3) is 0.667. The second kappa shape index (κ2) is 3.84. The van der Waals surface area contributed by atoms with E-state index < -0.39 is 0 Å². The molecule has 0 radical (unpaired) electrons. The topological polar surface area (TPSA) is 44.1 Å². The van der Waals surface area contributed by atoms with Gasteiger partial charge in [-0.1, -0.05) is 0 Å². The van der Waals surface area contributed by atoms with Crippen molar-refractivity contribution >= 4 is 29.3 Å². The van der Waals surface area contributed by atoms with E-state index in [0.717, 1.165) is 0 Å². The molecule has 0 aliphatic carbocycles. The zero-order valence-electron chi connectivity index (χ0n) is 5.79. The lowest BCUT2D eigenvalue weighted by Gasteiger charge is -2.16. The molecular weight excluding hydrogens is 184 g/mol. The van der Waals surface area contributed by atoms with E-state index in [1.165, 1.54) is 4.90 Å². The monoisotopic (exact) mass is 190 g/mol. The van der Waals surface area contributed by atoms with Crippen molar-refractivity contribution in [3.05, 3.63) is 0 Å². The van der Waals surface area contributed by atoms with E-state index in [1.807, 2.05) is 0 Å². The molecule has 0 saturated carbocycles. The number of rotatable bonds is 1. The Kier molecular flexibility index (Phi) is 3.03. The molecule has 0 aromatic carbocycles. The van der Waals surface area contributed by atoms with Gasteiger partial charge in [0.2, 0.25) is 5.91 Å². The summed E-state index contributed by atoms with van der Waals surface area (Å²) < 4.78 is 0. The van der Waals surface area contributed by atoms with Crippen LogP contribution in [0.2, 0.25) is 0 Å². The Morgan fingerprint density at radius 3 is 3.18 bits per heavy atom. The van der Waals surface area contributed by atoms with Crippen LogP contribution in [0.25, 0.3) is 0 Å². The first kappa shape index (κ1) is 8.69. The van der Waals surface area contributed by atoms with Crippen LogP contribution in [-0.4, -0.2) is 34.4 Å². The van der Waals surface area contributed by atoms with Gasteiger partial charge in [0.25, 0.3) is 0 Å². The van der Waals surface area contributed by atoms with E-state index in [9.17, 15) is 4.79 Å². The Bertz CT molecular complexity index is 203. The van der Waals surface area contributed by atoms with Gasteiger partial charge in [-0.05, 0) is 0 Å². The number of halogens is 1. The number of thioether (sulfide) groups is 1. The fourth-order valence-electron chi connectivity index (χ4n) is 0.872. The van der Waals surface area contributed by atoms with Crippen LogP contribution in [0.1, 0.15) is 0 Å². The van der Waals surface area contributed by atoms with Gasteiger partial charge >= 0.3 is 0 Å². The van der Waals surface area contributed by atoms with E-state index in [0.29, 0.717) is 11.6 Å². The van der Waals surface area contributed by atoms with E-state index in [1.54, 1.807) is 11.8 Å². The highest BCUT2D eigenvalue weighted by atomic mass is 35.5. The van der Waals surface area contributed by atoms with Gasteiger partial charge in [0, 0.05) is 5.75 Å². The Morgan fingerprint density at radius 1 is 1.91 bits per heavy atom. The minimum atomic E-state index is -0.272. The van der Waals surface area contributed by atoms with Crippen molar-refractivity contribution in [3.63, 3.8) is 0 Å². The van der Waals surface area contributed by atoms with Crippen molar-refractivity contribution in [2.75, 3.05) is 17.5 Å². The van der Waals surface area contributed by atoms with Crippen molar-refractivity contribution in [2.24, 2.45) is 0 Å². The van der Waals surface area contributed by atoms with Crippen molar-refractivity contribution in [2.45, 2.75) is 6.04 Å². The first-order chi connectivity index (χ1) is 5.29. The Morgan fingerprint density at radius 2 is 2.64 bits per heavy atom. The molecule has 5 heteroatoms. The molecule has 60 valence electrons. The van der Waals surface area contributed by atoms with Crippen molar-refractivity contribution in [1.29, 1.82) is 5.26 Å². The molecule has 1 aliphatic heterocycles. The van der Waals surface area contributed by atoms with Crippen LogP contribution in [0, 0.1) is 11.3 Å². The second-order valence-corrected chi connectivity index (χ2v) is 3.41.